The Labute approximate surface area is 124 Å². The van der Waals surface area contributed by atoms with E-state index in [4.69, 9.17) is 0 Å². The predicted octanol–water partition coefficient (Wildman–Crippen LogP) is 4.48. The Hall–Kier alpha value is -1.12. The van der Waals surface area contributed by atoms with E-state index < -0.39 is 0 Å². The molecule has 0 radical (unpaired) electrons. The SMILES string of the molecule is Cc1ccc(CNCCCc2ccccc2)c(Br)c1. The summed E-state index contributed by atoms with van der Waals surface area (Å²) in [5, 5.41) is 3.50. The van der Waals surface area contributed by atoms with Crippen LogP contribution in [0.1, 0.15) is 23.1 Å². The molecule has 0 fully saturated rings. The summed E-state index contributed by atoms with van der Waals surface area (Å²) in [6, 6.07) is 17.2. The fraction of sp³-hybridized carbons (Fsp3) is 0.294. The average molecular weight is 318 g/mol. The molecule has 19 heavy (non-hydrogen) atoms. The van der Waals surface area contributed by atoms with E-state index in [-0.39, 0.29) is 0 Å². The van der Waals surface area contributed by atoms with Crippen molar-refractivity contribution in [2.24, 2.45) is 0 Å². The Bertz CT molecular complexity index is 508. The van der Waals surface area contributed by atoms with Crippen LogP contribution in [-0.2, 0) is 13.0 Å². The molecular formula is C17H20BrN. The van der Waals surface area contributed by atoms with E-state index in [1.165, 1.54) is 27.6 Å². The maximum atomic E-state index is 3.61. The standard InChI is InChI=1S/C17H20BrN/c1-14-9-10-16(17(18)12-14)13-19-11-5-8-15-6-3-2-4-7-15/h2-4,6-7,9-10,12,19H,5,8,11,13H2,1H3. The fourth-order valence-electron chi connectivity index (χ4n) is 2.08. The molecule has 0 atom stereocenters. The van der Waals surface area contributed by atoms with Gasteiger partial charge in [0.05, 0.1) is 0 Å². The lowest BCUT2D eigenvalue weighted by molar-refractivity contribution is 0.648. The molecule has 1 N–H and O–H groups in total. The number of nitrogens with one attached hydrogen (secondary N) is 1. The average Bonchev–Trinajstić information content (AvgIpc) is 2.42. The van der Waals surface area contributed by atoms with E-state index in [1.807, 2.05) is 0 Å². The van der Waals surface area contributed by atoms with Gasteiger partial charge in [-0.3, -0.25) is 0 Å². The van der Waals surface area contributed by atoms with Crippen molar-refractivity contribution in [1.29, 1.82) is 0 Å². The van der Waals surface area contributed by atoms with Crippen molar-refractivity contribution in [3.63, 3.8) is 0 Å². The number of rotatable bonds is 6. The van der Waals surface area contributed by atoms with E-state index in [2.05, 4.69) is 76.7 Å². The molecule has 2 heteroatoms. The first-order valence-electron chi connectivity index (χ1n) is 6.75. The molecule has 2 aromatic carbocycles. The molecule has 0 unspecified atom stereocenters. The van der Waals surface area contributed by atoms with Crippen molar-refractivity contribution in [3.05, 3.63) is 69.7 Å². The molecule has 2 aromatic rings. The smallest absolute Gasteiger partial charge is 0.0222 e. The van der Waals surface area contributed by atoms with E-state index in [0.29, 0.717) is 0 Å². The van der Waals surface area contributed by atoms with Gasteiger partial charge in [-0.2, -0.15) is 0 Å². The minimum Gasteiger partial charge on any atom is -0.313 e. The number of hydrogen-bond donors (Lipinski definition) is 1. The number of aryl methyl sites for hydroxylation is 2. The third-order valence-corrected chi connectivity index (χ3v) is 3.92. The van der Waals surface area contributed by atoms with E-state index in [9.17, 15) is 0 Å². The third kappa shape index (κ3) is 4.81. The van der Waals surface area contributed by atoms with Gasteiger partial charge in [0.15, 0.2) is 0 Å². The van der Waals surface area contributed by atoms with Crippen LogP contribution < -0.4 is 5.32 Å². The van der Waals surface area contributed by atoms with Crippen molar-refractivity contribution in [2.45, 2.75) is 26.3 Å². The van der Waals surface area contributed by atoms with Gasteiger partial charge in [-0.05, 0) is 49.1 Å². The van der Waals surface area contributed by atoms with E-state index in [1.54, 1.807) is 0 Å². The van der Waals surface area contributed by atoms with Crippen LogP contribution in [0, 0.1) is 6.92 Å². The van der Waals surface area contributed by atoms with Crippen LogP contribution in [0.25, 0.3) is 0 Å². The molecule has 0 spiro atoms. The lowest BCUT2D eigenvalue weighted by Crippen LogP contribution is -2.15. The molecule has 0 saturated heterocycles. The summed E-state index contributed by atoms with van der Waals surface area (Å²) < 4.78 is 1.20. The van der Waals surface area contributed by atoms with Crippen LogP contribution in [0.3, 0.4) is 0 Å². The lowest BCUT2D eigenvalue weighted by atomic mass is 10.1. The maximum absolute atomic E-state index is 3.61. The first kappa shape index (κ1) is 14.3. The maximum Gasteiger partial charge on any atom is 0.0222 e. The van der Waals surface area contributed by atoms with Crippen LogP contribution in [0.2, 0.25) is 0 Å². The summed E-state index contributed by atoms with van der Waals surface area (Å²) in [5.74, 6) is 0. The Kier molecular flexibility index (Phi) is 5.62. The molecule has 2 rings (SSSR count). The highest BCUT2D eigenvalue weighted by Crippen LogP contribution is 2.18. The summed E-state index contributed by atoms with van der Waals surface area (Å²) >= 11 is 3.61. The molecule has 0 amide bonds. The molecule has 0 heterocycles. The number of benzene rings is 2. The summed E-state index contributed by atoms with van der Waals surface area (Å²) in [6.45, 7) is 4.09. The zero-order valence-corrected chi connectivity index (χ0v) is 12.9. The Morgan fingerprint density at radius 3 is 2.58 bits per heavy atom. The van der Waals surface area contributed by atoms with Gasteiger partial charge in [0.1, 0.15) is 0 Å². The Morgan fingerprint density at radius 1 is 1.05 bits per heavy atom. The van der Waals surface area contributed by atoms with Gasteiger partial charge >= 0.3 is 0 Å². The van der Waals surface area contributed by atoms with Gasteiger partial charge in [0.2, 0.25) is 0 Å². The minimum atomic E-state index is 0.926. The van der Waals surface area contributed by atoms with Crippen LogP contribution in [0.5, 0.6) is 0 Å². The highest BCUT2D eigenvalue weighted by atomic mass is 79.9. The van der Waals surface area contributed by atoms with Gasteiger partial charge in [-0.1, -0.05) is 58.4 Å². The normalized spacial score (nSPS) is 10.6. The first-order chi connectivity index (χ1) is 9.25. The zero-order chi connectivity index (χ0) is 13.5. The third-order valence-electron chi connectivity index (χ3n) is 3.19. The van der Waals surface area contributed by atoms with Crippen molar-refractivity contribution in [1.82, 2.24) is 5.32 Å². The summed E-state index contributed by atoms with van der Waals surface area (Å²) in [5.41, 5.74) is 4.03. The monoisotopic (exact) mass is 317 g/mol. The molecular weight excluding hydrogens is 298 g/mol. The van der Waals surface area contributed by atoms with Gasteiger partial charge in [0, 0.05) is 11.0 Å². The van der Waals surface area contributed by atoms with Crippen LogP contribution in [0.4, 0.5) is 0 Å². The van der Waals surface area contributed by atoms with Crippen molar-refractivity contribution in [3.8, 4) is 0 Å². The molecule has 0 aromatic heterocycles. The van der Waals surface area contributed by atoms with Crippen molar-refractivity contribution >= 4 is 15.9 Å². The lowest BCUT2D eigenvalue weighted by Gasteiger charge is -2.08. The Morgan fingerprint density at radius 2 is 1.84 bits per heavy atom. The number of hydrogen-bond acceptors (Lipinski definition) is 1. The molecule has 0 saturated carbocycles. The fourth-order valence-corrected chi connectivity index (χ4v) is 2.71. The number of halogens is 1. The van der Waals surface area contributed by atoms with E-state index >= 15 is 0 Å². The highest BCUT2D eigenvalue weighted by molar-refractivity contribution is 9.10. The summed E-state index contributed by atoms with van der Waals surface area (Å²) in [7, 11) is 0. The molecule has 0 bridgehead atoms. The highest BCUT2D eigenvalue weighted by Gasteiger charge is 1.99. The van der Waals surface area contributed by atoms with Gasteiger partial charge in [-0.15, -0.1) is 0 Å². The minimum absolute atomic E-state index is 0.926. The van der Waals surface area contributed by atoms with Gasteiger partial charge < -0.3 is 5.32 Å². The zero-order valence-electron chi connectivity index (χ0n) is 11.3. The van der Waals surface area contributed by atoms with Gasteiger partial charge in [0.25, 0.3) is 0 Å². The quantitative estimate of drug-likeness (QED) is 0.774. The second-order valence-corrected chi connectivity index (χ2v) is 5.72. The second kappa shape index (κ2) is 7.46. The second-order valence-electron chi connectivity index (χ2n) is 4.86. The van der Waals surface area contributed by atoms with Crippen molar-refractivity contribution in [2.75, 3.05) is 6.54 Å². The van der Waals surface area contributed by atoms with Crippen LogP contribution in [-0.4, -0.2) is 6.54 Å². The molecule has 100 valence electrons. The first-order valence-corrected chi connectivity index (χ1v) is 7.54. The van der Waals surface area contributed by atoms with E-state index in [0.717, 1.165) is 19.5 Å². The van der Waals surface area contributed by atoms with Crippen molar-refractivity contribution < 1.29 is 0 Å². The van der Waals surface area contributed by atoms with Crippen LogP contribution in [0.15, 0.2) is 53.0 Å². The predicted molar refractivity (Wildman–Crippen MR) is 85.3 cm³/mol. The molecule has 0 aliphatic carbocycles. The molecule has 0 aliphatic heterocycles. The summed E-state index contributed by atoms with van der Waals surface area (Å²) in [4.78, 5) is 0. The molecule has 0 aliphatic rings. The van der Waals surface area contributed by atoms with Crippen LogP contribution >= 0.6 is 15.9 Å². The topological polar surface area (TPSA) is 12.0 Å². The largest absolute Gasteiger partial charge is 0.313 e. The molecule has 1 nitrogen and oxygen atoms in total. The van der Waals surface area contributed by atoms with Gasteiger partial charge in [-0.25, -0.2) is 0 Å². The Balaban J connectivity index is 1.69. The summed E-state index contributed by atoms with van der Waals surface area (Å²) in [6.07, 6.45) is 2.32.